The summed E-state index contributed by atoms with van der Waals surface area (Å²) in [7, 11) is 0. The Labute approximate surface area is 105 Å². The molecule has 1 atom stereocenters. The van der Waals surface area contributed by atoms with Crippen LogP contribution in [-0.4, -0.2) is 11.6 Å². The quantitative estimate of drug-likeness (QED) is 0.885. The molecule has 0 aliphatic heterocycles. The van der Waals surface area contributed by atoms with Gasteiger partial charge in [-0.05, 0) is 23.9 Å². The molecule has 2 rings (SSSR count). The van der Waals surface area contributed by atoms with E-state index in [1.165, 1.54) is 4.88 Å². The Morgan fingerprint density at radius 3 is 2.88 bits per heavy atom. The van der Waals surface area contributed by atoms with Crippen LogP contribution in [0.2, 0.25) is 0 Å². The van der Waals surface area contributed by atoms with Gasteiger partial charge in [-0.2, -0.15) is 0 Å². The minimum Gasteiger partial charge on any atom is -0.477 e. The van der Waals surface area contributed by atoms with Gasteiger partial charge < -0.3 is 10.5 Å². The summed E-state index contributed by atoms with van der Waals surface area (Å²) in [4.78, 5) is 5.55. The average Bonchev–Trinajstić information content (AvgIpc) is 2.83. The molecule has 2 aromatic rings. The van der Waals surface area contributed by atoms with Gasteiger partial charge >= 0.3 is 0 Å². The Bertz CT molecular complexity index is 437. The first-order valence-corrected chi connectivity index (χ1v) is 6.50. The summed E-state index contributed by atoms with van der Waals surface area (Å²) in [6.07, 6.45) is 2.69. The van der Waals surface area contributed by atoms with E-state index in [1.807, 2.05) is 19.1 Å². The average molecular weight is 248 g/mol. The molecule has 0 amide bonds. The molecule has 0 aliphatic carbocycles. The summed E-state index contributed by atoms with van der Waals surface area (Å²) in [5.41, 5.74) is 6.77. The van der Waals surface area contributed by atoms with Crippen LogP contribution in [-0.2, 0) is 6.42 Å². The molecule has 0 spiro atoms. The van der Waals surface area contributed by atoms with Gasteiger partial charge in [0.2, 0.25) is 5.88 Å². The fraction of sp³-hybridized carbons (Fsp3) is 0.308. The van der Waals surface area contributed by atoms with E-state index in [9.17, 15) is 0 Å². The first-order chi connectivity index (χ1) is 8.25. The molecule has 4 heteroatoms. The van der Waals surface area contributed by atoms with Gasteiger partial charge in [-0.1, -0.05) is 12.1 Å². The van der Waals surface area contributed by atoms with Crippen molar-refractivity contribution in [3.63, 3.8) is 0 Å². The van der Waals surface area contributed by atoms with Crippen LogP contribution in [0.5, 0.6) is 5.88 Å². The van der Waals surface area contributed by atoms with Gasteiger partial charge in [0.15, 0.2) is 0 Å². The molecule has 3 nitrogen and oxygen atoms in total. The molecule has 0 saturated heterocycles. The van der Waals surface area contributed by atoms with Crippen LogP contribution in [0, 0.1) is 0 Å². The Balaban J connectivity index is 1.83. The fourth-order valence-corrected chi connectivity index (χ4v) is 2.15. The predicted molar refractivity (Wildman–Crippen MR) is 70.4 cm³/mol. The smallest absolute Gasteiger partial charge is 0.213 e. The summed E-state index contributed by atoms with van der Waals surface area (Å²) in [5, 5.41) is 2.07. The van der Waals surface area contributed by atoms with Crippen LogP contribution in [0.15, 0.2) is 35.8 Å². The van der Waals surface area contributed by atoms with Gasteiger partial charge in [-0.25, -0.2) is 4.98 Å². The summed E-state index contributed by atoms with van der Waals surface area (Å²) < 4.78 is 5.57. The summed E-state index contributed by atoms with van der Waals surface area (Å²) in [6.45, 7) is 2.60. The highest BCUT2D eigenvalue weighted by Crippen LogP contribution is 2.13. The molecule has 2 heterocycles. The molecule has 0 radical (unpaired) electrons. The van der Waals surface area contributed by atoms with Gasteiger partial charge in [-0.3, -0.25) is 0 Å². The van der Waals surface area contributed by atoms with Crippen molar-refractivity contribution in [1.82, 2.24) is 4.98 Å². The second-order valence-corrected chi connectivity index (χ2v) is 4.93. The summed E-state index contributed by atoms with van der Waals surface area (Å²) >= 11 is 1.75. The van der Waals surface area contributed by atoms with E-state index in [2.05, 4.69) is 22.5 Å². The number of hydrogen-bond donors (Lipinski definition) is 1. The number of nitrogens with two attached hydrogens (primary N) is 1. The van der Waals surface area contributed by atoms with Gasteiger partial charge in [-0.15, -0.1) is 11.3 Å². The monoisotopic (exact) mass is 248 g/mol. The number of ether oxygens (including phenoxy) is 1. The predicted octanol–water partition coefficient (Wildman–Crippen LogP) is 2.78. The van der Waals surface area contributed by atoms with Crippen molar-refractivity contribution in [2.24, 2.45) is 5.73 Å². The highest BCUT2D eigenvalue weighted by Gasteiger charge is 2.01. The standard InChI is InChI=1S/C13H16N2OS/c1-10(14)11-4-5-13(15-9-11)16-7-6-12-3-2-8-17-12/h2-5,8-10H,6-7,14H2,1H3/t10-/m0/s1. The Kier molecular flexibility index (Phi) is 4.12. The molecule has 0 saturated carbocycles. The van der Waals surface area contributed by atoms with E-state index in [4.69, 9.17) is 10.5 Å². The lowest BCUT2D eigenvalue weighted by Crippen LogP contribution is -2.06. The summed E-state index contributed by atoms with van der Waals surface area (Å²) in [5.74, 6) is 0.658. The molecule has 2 aromatic heterocycles. The van der Waals surface area contributed by atoms with Crippen molar-refractivity contribution in [1.29, 1.82) is 0 Å². The minimum atomic E-state index is 0.0164. The SMILES string of the molecule is C[C@H](N)c1ccc(OCCc2cccs2)nc1. The maximum atomic E-state index is 5.75. The van der Waals surface area contributed by atoms with Crippen LogP contribution in [0.3, 0.4) is 0 Å². The van der Waals surface area contributed by atoms with Crippen molar-refractivity contribution in [2.75, 3.05) is 6.61 Å². The first kappa shape index (κ1) is 12.1. The van der Waals surface area contributed by atoms with Gasteiger partial charge in [0.25, 0.3) is 0 Å². The van der Waals surface area contributed by atoms with Crippen LogP contribution in [0.25, 0.3) is 0 Å². The molecule has 2 N–H and O–H groups in total. The van der Waals surface area contributed by atoms with Gasteiger partial charge in [0.1, 0.15) is 0 Å². The molecule has 0 fully saturated rings. The Hall–Kier alpha value is -1.39. The molecular formula is C13H16N2OS. The van der Waals surface area contributed by atoms with E-state index in [0.29, 0.717) is 12.5 Å². The van der Waals surface area contributed by atoms with Crippen LogP contribution in [0.4, 0.5) is 0 Å². The zero-order chi connectivity index (χ0) is 12.1. The first-order valence-electron chi connectivity index (χ1n) is 5.62. The van der Waals surface area contributed by atoms with E-state index in [0.717, 1.165) is 12.0 Å². The molecule has 0 unspecified atom stereocenters. The number of pyridine rings is 1. The van der Waals surface area contributed by atoms with Crippen molar-refractivity contribution in [2.45, 2.75) is 19.4 Å². The molecular weight excluding hydrogens is 232 g/mol. The van der Waals surface area contributed by atoms with Crippen molar-refractivity contribution in [3.8, 4) is 5.88 Å². The normalized spacial score (nSPS) is 12.4. The lowest BCUT2D eigenvalue weighted by Gasteiger charge is -2.07. The van der Waals surface area contributed by atoms with Gasteiger partial charge in [0, 0.05) is 29.6 Å². The Morgan fingerprint density at radius 1 is 1.41 bits per heavy atom. The fourth-order valence-electron chi connectivity index (χ4n) is 1.46. The number of aromatic nitrogens is 1. The third-order valence-corrected chi connectivity index (χ3v) is 3.40. The molecule has 17 heavy (non-hydrogen) atoms. The molecule has 0 aromatic carbocycles. The zero-order valence-corrected chi connectivity index (χ0v) is 10.6. The van der Waals surface area contributed by atoms with Crippen molar-refractivity contribution >= 4 is 11.3 Å². The lowest BCUT2D eigenvalue weighted by molar-refractivity contribution is 0.310. The second kappa shape index (κ2) is 5.80. The van der Waals surface area contributed by atoms with E-state index in [1.54, 1.807) is 17.5 Å². The number of rotatable bonds is 5. The molecule has 0 aliphatic rings. The van der Waals surface area contributed by atoms with Gasteiger partial charge in [0.05, 0.1) is 6.61 Å². The Morgan fingerprint density at radius 2 is 2.29 bits per heavy atom. The van der Waals surface area contributed by atoms with E-state index in [-0.39, 0.29) is 6.04 Å². The summed E-state index contributed by atoms with van der Waals surface area (Å²) in [6, 6.07) is 8.00. The molecule has 90 valence electrons. The van der Waals surface area contributed by atoms with Crippen LogP contribution < -0.4 is 10.5 Å². The number of thiophene rings is 1. The maximum Gasteiger partial charge on any atom is 0.213 e. The minimum absolute atomic E-state index is 0.0164. The lowest BCUT2D eigenvalue weighted by atomic mass is 10.2. The highest BCUT2D eigenvalue weighted by atomic mass is 32.1. The number of nitrogens with zero attached hydrogens (tertiary/aromatic N) is 1. The second-order valence-electron chi connectivity index (χ2n) is 3.90. The largest absolute Gasteiger partial charge is 0.477 e. The topological polar surface area (TPSA) is 48.1 Å². The highest BCUT2D eigenvalue weighted by molar-refractivity contribution is 7.09. The maximum absolute atomic E-state index is 5.75. The van der Waals surface area contributed by atoms with E-state index >= 15 is 0 Å². The third-order valence-electron chi connectivity index (χ3n) is 2.46. The molecule has 0 bridgehead atoms. The van der Waals surface area contributed by atoms with E-state index < -0.39 is 0 Å². The van der Waals surface area contributed by atoms with Crippen molar-refractivity contribution in [3.05, 3.63) is 46.3 Å². The van der Waals surface area contributed by atoms with Crippen molar-refractivity contribution < 1.29 is 4.74 Å². The van der Waals surface area contributed by atoms with Crippen LogP contribution >= 0.6 is 11.3 Å². The van der Waals surface area contributed by atoms with Crippen LogP contribution in [0.1, 0.15) is 23.4 Å². The third kappa shape index (κ3) is 3.54. The zero-order valence-electron chi connectivity index (χ0n) is 9.80. The number of hydrogen-bond acceptors (Lipinski definition) is 4.